The van der Waals surface area contributed by atoms with E-state index >= 15 is 0 Å². The average molecular weight is 479 g/mol. The number of likely N-dealkylation sites (N-methyl/N-ethyl adjacent to an activating group) is 1. The molecule has 0 bridgehead atoms. The smallest absolute Gasteiger partial charge is 0.295 e. The van der Waals surface area contributed by atoms with Crippen LogP contribution in [0.4, 0.5) is 0 Å². The Balaban J connectivity index is 2.04. The number of benzene rings is 2. The van der Waals surface area contributed by atoms with Gasteiger partial charge in [0.15, 0.2) is 0 Å². The van der Waals surface area contributed by atoms with Gasteiger partial charge >= 0.3 is 0 Å². The fourth-order valence-corrected chi connectivity index (χ4v) is 4.37. The first-order valence-electron chi connectivity index (χ1n) is 12.5. The van der Waals surface area contributed by atoms with E-state index in [9.17, 15) is 14.7 Å². The van der Waals surface area contributed by atoms with Gasteiger partial charge in [0.2, 0.25) is 0 Å². The number of carbonyl (C=O) groups is 2. The fraction of sp³-hybridized carbons (Fsp3) is 0.448. The van der Waals surface area contributed by atoms with Gasteiger partial charge < -0.3 is 19.6 Å². The third-order valence-corrected chi connectivity index (χ3v) is 6.51. The largest absolute Gasteiger partial charge is 0.507 e. The minimum Gasteiger partial charge on any atom is -0.507 e. The van der Waals surface area contributed by atoms with Crippen LogP contribution in [-0.4, -0.2) is 59.4 Å². The second-order valence-corrected chi connectivity index (χ2v) is 9.62. The molecular weight excluding hydrogens is 440 g/mol. The molecule has 1 heterocycles. The predicted octanol–water partition coefficient (Wildman–Crippen LogP) is 5.10. The third kappa shape index (κ3) is 5.93. The van der Waals surface area contributed by atoms with Crippen molar-refractivity contribution >= 4 is 17.4 Å². The van der Waals surface area contributed by atoms with Crippen LogP contribution in [0.5, 0.6) is 5.75 Å². The van der Waals surface area contributed by atoms with Crippen LogP contribution in [-0.2, 0) is 9.59 Å². The number of aryl methyl sites for hydroxylation is 2. The number of ether oxygens (including phenoxy) is 1. The molecule has 0 saturated carbocycles. The van der Waals surface area contributed by atoms with Gasteiger partial charge in [-0.2, -0.15) is 0 Å². The maximum Gasteiger partial charge on any atom is 0.295 e. The van der Waals surface area contributed by atoms with Crippen LogP contribution in [0.1, 0.15) is 56.0 Å². The highest BCUT2D eigenvalue weighted by molar-refractivity contribution is 6.46. The van der Waals surface area contributed by atoms with Crippen LogP contribution in [0.3, 0.4) is 0 Å². The molecule has 0 spiro atoms. The summed E-state index contributed by atoms with van der Waals surface area (Å²) in [6, 6.07) is 12.5. The van der Waals surface area contributed by atoms with E-state index in [2.05, 4.69) is 32.6 Å². The Hall–Kier alpha value is -3.12. The molecule has 1 unspecified atom stereocenters. The molecule has 1 saturated heterocycles. The van der Waals surface area contributed by atoms with Gasteiger partial charge in [0.1, 0.15) is 11.5 Å². The lowest BCUT2D eigenvalue weighted by molar-refractivity contribution is -0.140. The van der Waals surface area contributed by atoms with E-state index in [-0.39, 0.29) is 11.3 Å². The molecule has 0 radical (unpaired) electrons. The Morgan fingerprint density at radius 2 is 1.71 bits per heavy atom. The molecule has 1 aliphatic rings. The standard InChI is InChI=1S/C29H38N2O4/c1-7-30(8-2)15-16-31-26(22-11-9-20(5)10-12-22)25(28(33)29(31)34)27(32)23-13-14-24(21(6)17-23)35-18-19(3)4/h9-14,17,19,26,32H,7-8,15-16,18H2,1-6H3/b27-25+. The van der Waals surface area contributed by atoms with Crippen molar-refractivity contribution in [2.45, 2.75) is 47.6 Å². The minimum atomic E-state index is -0.648. The molecule has 3 rings (SSSR count). The first-order chi connectivity index (χ1) is 16.7. The number of carbonyl (C=O) groups excluding carboxylic acids is 2. The zero-order valence-electron chi connectivity index (χ0n) is 21.8. The van der Waals surface area contributed by atoms with Gasteiger partial charge in [0.25, 0.3) is 11.7 Å². The highest BCUT2D eigenvalue weighted by Gasteiger charge is 2.45. The van der Waals surface area contributed by atoms with E-state index in [0.29, 0.717) is 31.2 Å². The van der Waals surface area contributed by atoms with Crippen molar-refractivity contribution in [3.8, 4) is 5.75 Å². The number of aliphatic hydroxyl groups excluding tert-OH is 1. The Labute approximate surface area is 209 Å². The number of rotatable bonds is 10. The summed E-state index contributed by atoms with van der Waals surface area (Å²) in [6.45, 7) is 15.6. The second-order valence-electron chi connectivity index (χ2n) is 9.62. The number of amides is 1. The van der Waals surface area contributed by atoms with Crippen molar-refractivity contribution in [3.63, 3.8) is 0 Å². The number of Topliss-reactive ketones (excluding diaryl/α,β-unsaturated/α-hetero) is 1. The van der Waals surface area contributed by atoms with Gasteiger partial charge in [-0.3, -0.25) is 9.59 Å². The summed E-state index contributed by atoms with van der Waals surface area (Å²) in [7, 11) is 0. The molecule has 0 aliphatic carbocycles. The zero-order valence-corrected chi connectivity index (χ0v) is 21.8. The van der Waals surface area contributed by atoms with Gasteiger partial charge in [-0.1, -0.05) is 57.5 Å². The molecule has 2 aromatic carbocycles. The summed E-state index contributed by atoms with van der Waals surface area (Å²) < 4.78 is 5.86. The molecule has 2 aromatic rings. The van der Waals surface area contributed by atoms with Crippen LogP contribution in [0, 0.1) is 19.8 Å². The molecular formula is C29H38N2O4. The number of ketones is 1. The number of hydrogen-bond acceptors (Lipinski definition) is 5. The van der Waals surface area contributed by atoms with Gasteiger partial charge in [0.05, 0.1) is 18.2 Å². The maximum atomic E-state index is 13.2. The van der Waals surface area contributed by atoms with Crippen molar-refractivity contribution in [3.05, 3.63) is 70.3 Å². The van der Waals surface area contributed by atoms with E-state index in [1.165, 1.54) is 0 Å². The zero-order chi connectivity index (χ0) is 25.7. The van der Waals surface area contributed by atoms with Gasteiger partial charge in [-0.15, -0.1) is 0 Å². The molecule has 6 nitrogen and oxygen atoms in total. The van der Waals surface area contributed by atoms with Gasteiger partial charge in [0, 0.05) is 18.7 Å². The number of likely N-dealkylation sites (tertiary alicyclic amines) is 1. The van der Waals surface area contributed by atoms with E-state index < -0.39 is 17.7 Å². The molecule has 0 aromatic heterocycles. The lowest BCUT2D eigenvalue weighted by Crippen LogP contribution is -2.38. The van der Waals surface area contributed by atoms with Crippen molar-refractivity contribution < 1.29 is 19.4 Å². The van der Waals surface area contributed by atoms with E-state index in [4.69, 9.17) is 4.74 Å². The Morgan fingerprint density at radius 3 is 2.29 bits per heavy atom. The van der Waals surface area contributed by atoms with Gasteiger partial charge in [-0.05, 0) is 62.2 Å². The summed E-state index contributed by atoms with van der Waals surface area (Å²) >= 11 is 0. The van der Waals surface area contributed by atoms with Crippen LogP contribution >= 0.6 is 0 Å². The molecule has 1 aliphatic heterocycles. The van der Waals surface area contributed by atoms with E-state index in [0.717, 1.165) is 35.5 Å². The van der Waals surface area contributed by atoms with Crippen molar-refractivity contribution in [1.82, 2.24) is 9.80 Å². The lowest BCUT2D eigenvalue weighted by atomic mass is 9.94. The molecule has 6 heteroatoms. The van der Waals surface area contributed by atoms with Crippen LogP contribution in [0.25, 0.3) is 5.76 Å². The second kappa shape index (κ2) is 11.5. The van der Waals surface area contributed by atoms with Crippen LogP contribution in [0.15, 0.2) is 48.0 Å². The van der Waals surface area contributed by atoms with Gasteiger partial charge in [-0.25, -0.2) is 0 Å². The number of nitrogens with zero attached hydrogens (tertiary/aromatic N) is 2. The third-order valence-electron chi connectivity index (χ3n) is 6.51. The molecule has 1 fully saturated rings. The predicted molar refractivity (Wildman–Crippen MR) is 139 cm³/mol. The van der Waals surface area contributed by atoms with Crippen molar-refractivity contribution in [1.29, 1.82) is 0 Å². The summed E-state index contributed by atoms with van der Waals surface area (Å²) in [5.41, 5.74) is 3.38. The fourth-order valence-electron chi connectivity index (χ4n) is 4.37. The highest BCUT2D eigenvalue weighted by Crippen LogP contribution is 2.39. The quantitative estimate of drug-likeness (QED) is 0.292. The van der Waals surface area contributed by atoms with E-state index in [1.54, 1.807) is 17.0 Å². The van der Waals surface area contributed by atoms with Crippen molar-refractivity contribution in [2.75, 3.05) is 32.8 Å². The summed E-state index contributed by atoms with van der Waals surface area (Å²) in [4.78, 5) is 30.2. The SMILES string of the molecule is CCN(CC)CCN1C(=O)C(=O)/C(=C(/O)c2ccc(OCC(C)C)c(C)c2)C1c1ccc(C)cc1. The molecule has 1 atom stereocenters. The summed E-state index contributed by atoms with van der Waals surface area (Å²) in [6.07, 6.45) is 0. The monoisotopic (exact) mass is 478 g/mol. The van der Waals surface area contributed by atoms with Crippen molar-refractivity contribution in [2.24, 2.45) is 5.92 Å². The summed E-state index contributed by atoms with van der Waals surface area (Å²) in [5, 5.41) is 11.3. The topological polar surface area (TPSA) is 70.1 Å². The first-order valence-corrected chi connectivity index (χ1v) is 12.5. The Kier molecular flexibility index (Phi) is 8.73. The number of aliphatic hydroxyl groups is 1. The van der Waals surface area contributed by atoms with Crippen LogP contribution in [0.2, 0.25) is 0 Å². The molecule has 35 heavy (non-hydrogen) atoms. The highest BCUT2D eigenvalue weighted by atomic mass is 16.5. The first kappa shape index (κ1) is 26.5. The average Bonchev–Trinajstić information content (AvgIpc) is 3.08. The van der Waals surface area contributed by atoms with Crippen LogP contribution < -0.4 is 4.74 Å². The Bertz CT molecular complexity index is 1080. The molecule has 188 valence electrons. The minimum absolute atomic E-state index is 0.133. The van der Waals surface area contributed by atoms with E-state index in [1.807, 2.05) is 44.2 Å². The molecule has 1 amide bonds. The maximum absolute atomic E-state index is 13.2. The molecule has 1 N–H and O–H groups in total. The normalized spacial score (nSPS) is 17.6. The number of hydrogen-bond donors (Lipinski definition) is 1. The lowest BCUT2D eigenvalue weighted by Gasteiger charge is -2.28. The Morgan fingerprint density at radius 1 is 1.06 bits per heavy atom. The summed E-state index contributed by atoms with van der Waals surface area (Å²) in [5.74, 6) is -0.240.